The second kappa shape index (κ2) is 11.1. The number of hydrogen-bond donors (Lipinski definition) is 3. The van der Waals surface area contributed by atoms with Gasteiger partial charge in [-0.3, -0.25) is 0 Å². The second-order valence-corrected chi connectivity index (χ2v) is 9.66. The molecule has 0 saturated carbocycles. The lowest BCUT2D eigenvalue weighted by molar-refractivity contribution is -0.212. The SMILES string of the molecule is COc1ccc(C2=NOC(C[C@H]3O[C@H](CO)[C@H](O)[C@H](n4cc(-c5cc(F)c(F)c(F)c5)nn4)[C@H]3O)C2)c(Cl)c1. The van der Waals surface area contributed by atoms with Crippen molar-refractivity contribution in [3.63, 3.8) is 0 Å². The van der Waals surface area contributed by atoms with Crippen LogP contribution in [0.1, 0.15) is 24.4 Å². The van der Waals surface area contributed by atoms with Crippen LogP contribution in [0.25, 0.3) is 11.3 Å². The fourth-order valence-electron chi connectivity index (χ4n) is 4.77. The maximum absolute atomic E-state index is 13.7. The van der Waals surface area contributed by atoms with Crippen LogP contribution in [0.15, 0.2) is 41.7 Å². The van der Waals surface area contributed by atoms with Crippen molar-refractivity contribution in [2.75, 3.05) is 13.7 Å². The Hall–Kier alpha value is -3.23. The molecule has 1 fully saturated rings. The minimum atomic E-state index is -1.62. The minimum absolute atomic E-state index is 0.0238. The predicted octanol–water partition coefficient (Wildman–Crippen LogP) is 2.63. The molecular formula is C25H24ClF3N4O6. The Morgan fingerprint density at radius 3 is 2.49 bits per heavy atom. The Bertz CT molecular complexity index is 1370. The van der Waals surface area contributed by atoms with E-state index in [2.05, 4.69) is 15.5 Å². The van der Waals surface area contributed by atoms with Crippen molar-refractivity contribution in [1.29, 1.82) is 0 Å². The van der Waals surface area contributed by atoms with Crippen LogP contribution in [-0.2, 0) is 9.57 Å². The molecule has 14 heteroatoms. The van der Waals surface area contributed by atoms with Crippen molar-refractivity contribution in [3.8, 4) is 17.0 Å². The molecule has 0 amide bonds. The number of aliphatic hydroxyl groups excluding tert-OH is 3. The molecule has 2 aliphatic rings. The van der Waals surface area contributed by atoms with Crippen molar-refractivity contribution in [2.45, 2.75) is 49.4 Å². The van der Waals surface area contributed by atoms with E-state index in [0.29, 0.717) is 28.5 Å². The average molecular weight is 569 g/mol. The number of oxime groups is 1. The summed E-state index contributed by atoms with van der Waals surface area (Å²) in [4.78, 5) is 5.56. The van der Waals surface area contributed by atoms with Gasteiger partial charge in [0.25, 0.3) is 0 Å². The molecule has 2 aromatic carbocycles. The van der Waals surface area contributed by atoms with Gasteiger partial charge in [-0.2, -0.15) is 0 Å². The summed E-state index contributed by atoms with van der Waals surface area (Å²) in [5.74, 6) is -3.84. The molecule has 0 radical (unpaired) electrons. The first-order chi connectivity index (χ1) is 18.7. The molecule has 1 unspecified atom stereocenters. The van der Waals surface area contributed by atoms with E-state index in [0.717, 1.165) is 16.8 Å². The van der Waals surface area contributed by atoms with E-state index >= 15 is 0 Å². The van der Waals surface area contributed by atoms with Crippen LogP contribution in [-0.4, -0.2) is 80.3 Å². The third-order valence-corrected chi connectivity index (χ3v) is 7.11. The Balaban J connectivity index is 1.33. The lowest BCUT2D eigenvalue weighted by atomic mass is 9.89. The molecule has 3 N–H and O–H groups in total. The van der Waals surface area contributed by atoms with E-state index in [1.54, 1.807) is 18.2 Å². The molecule has 0 spiro atoms. The van der Waals surface area contributed by atoms with Gasteiger partial charge in [0, 0.05) is 24.0 Å². The molecule has 0 aliphatic carbocycles. The number of ether oxygens (including phenoxy) is 2. The Labute approximate surface area is 225 Å². The molecule has 1 aromatic heterocycles. The molecule has 1 saturated heterocycles. The Kier molecular flexibility index (Phi) is 7.78. The van der Waals surface area contributed by atoms with Gasteiger partial charge in [-0.05, 0) is 30.3 Å². The summed E-state index contributed by atoms with van der Waals surface area (Å²) in [5, 5.41) is 44.1. The molecule has 208 valence electrons. The van der Waals surface area contributed by atoms with Crippen molar-refractivity contribution in [3.05, 3.63) is 64.6 Å². The average Bonchev–Trinajstić information content (AvgIpc) is 3.59. The van der Waals surface area contributed by atoms with Crippen molar-refractivity contribution < 1.29 is 42.8 Å². The zero-order valence-electron chi connectivity index (χ0n) is 20.4. The number of methoxy groups -OCH3 is 1. The van der Waals surface area contributed by atoms with E-state index in [9.17, 15) is 28.5 Å². The summed E-state index contributed by atoms with van der Waals surface area (Å²) in [7, 11) is 1.53. The number of rotatable bonds is 7. The zero-order chi connectivity index (χ0) is 27.8. The van der Waals surface area contributed by atoms with Gasteiger partial charge in [-0.25, -0.2) is 17.9 Å². The molecule has 0 bridgehead atoms. The topological polar surface area (TPSA) is 131 Å². The fourth-order valence-corrected chi connectivity index (χ4v) is 5.05. The van der Waals surface area contributed by atoms with Gasteiger partial charge in [-0.15, -0.1) is 5.10 Å². The summed E-state index contributed by atoms with van der Waals surface area (Å²) >= 11 is 6.35. The third-order valence-electron chi connectivity index (χ3n) is 6.80. The van der Waals surface area contributed by atoms with Crippen LogP contribution in [0.2, 0.25) is 5.02 Å². The molecule has 39 heavy (non-hydrogen) atoms. The lowest BCUT2D eigenvalue weighted by Crippen LogP contribution is -2.56. The van der Waals surface area contributed by atoms with Gasteiger partial charge in [0.15, 0.2) is 17.5 Å². The van der Waals surface area contributed by atoms with E-state index < -0.39 is 60.6 Å². The van der Waals surface area contributed by atoms with Crippen LogP contribution in [0, 0.1) is 17.5 Å². The standard InChI is InChI=1S/C25H24ClF3N4O6/c1-37-12-2-3-14(15(26)6-12)18-7-13(39-31-18)8-20-24(35)23(25(36)21(10-34)38-20)33-9-19(30-32-33)11-4-16(27)22(29)17(28)5-11/h2-6,9,13,20-21,23-25,34-36H,7-8,10H2,1H3/t13?,20-,21-,23-,24+,25+/m1/s1. The van der Waals surface area contributed by atoms with E-state index in [1.165, 1.54) is 13.3 Å². The highest BCUT2D eigenvalue weighted by Gasteiger charge is 2.47. The quantitative estimate of drug-likeness (QED) is 0.371. The smallest absolute Gasteiger partial charge is 0.194 e. The normalized spacial score (nSPS) is 26.8. The largest absolute Gasteiger partial charge is 0.497 e. The highest BCUT2D eigenvalue weighted by atomic mass is 35.5. The van der Waals surface area contributed by atoms with Crippen LogP contribution >= 0.6 is 11.6 Å². The van der Waals surface area contributed by atoms with Gasteiger partial charge in [0.05, 0.1) is 36.8 Å². The number of aliphatic hydroxyl groups is 3. The summed E-state index contributed by atoms with van der Waals surface area (Å²) in [6, 6.07) is 5.52. The Morgan fingerprint density at radius 1 is 1.10 bits per heavy atom. The number of benzene rings is 2. The maximum atomic E-state index is 13.7. The highest BCUT2D eigenvalue weighted by molar-refractivity contribution is 6.34. The maximum Gasteiger partial charge on any atom is 0.194 e. The highest BCUT2D eigenvalue weighted by Crippen LogP contribution is 2.35. The zero-order valence-corrected chi connectivity index (χ0v) is 21.2. The van der Waals surface area contributed by atoms with Crippen molar-refractivity contribution in [1.82, 2.24) is 15.0 Å². The van der Waals surface area contributed by atoms with Crippen LogP contribution < -0.4 is 4.74 Å². The molecule has 5 rings (SSSR count). The van der Waals surface area contributed by atoms with Gasteiger partial charge >= 0.3 is 0 Å². The summed E-state index contributed by atoms with van der Waals surface area (Å²) in [6.45, 7) is -0.564. The Morgan fingerprint density at radius 2 is 1.82 bits per heavy atom. The van der Waals surface area contributed by atoms with Crippen molar-refractivity contribution in [2.24, 2.45) is 5.16 Å². The first-order valence-electron chi connectivity index (χ1n) is 12.0. The van der Waals surface area contributed by atoms with Crippen LogP contribution in [0.5, 0.6) is 5.75 Å². The summed E-state index contributed by atoms with van der Waals surface area (Å²) in [5.41, 5.74) is 1.14. The number of halogens is 4. The monoisotopic (exact) mass is 568 g/mol. The van der Waals surface area contributed by atoms with Gasteiger partial charge in [-0.1, -0.05) is 22.0 Å². The van der Waals surface area contributed by atoms with E-state index in [-0.39, 0.29) is 17.7 Å². The molecule has 2 aliphatic heterocycles. The molecule has 6 atom stereocenters. The van der Waals surface area contributed by atoms with Gasteiger partial charge < -0.3 is 29.6 Å². The first kappa shape index (κ1) is 27.3. The van der Waals surface area contributed by atoms with Crippen molar-refractivity contribution >= 4 is 17.3 Å². The van der Waals surface area contributed by atoms with E-state index in [4.69, 9.17) is 25.9 Å². The first-order valence-corrected chi connectivity index (χ1v) is 12.3. The molecule has 3 heterocycles. The van der Waals surface area contributed by atoms with Gasteiger partial charge in [0.2, 0.25) is 0 Å². The third kappa shape index (κ3) is 5.32. The van der Waals surface area contributed by atoms with Gasteiger partial charge in [0.1, 0.15) is 41.9 Å². The predicted molar refractivity (Wildman–Crippen MR) is 131 cm³/mol. The molecule has 10 nitrogen and oxygen atoms in total. The summed E-state index contributed by atoms with van der Waals surface area (Å²) < 4.78 is 52.9. The summed E-state index contributed by atoms with van der Waals surface area (Å²) in [6.07, 6.45) is -3.54. The molecule has 3 aromatic rings. The lowest BCUT2D eigenvalue weighted by Gasteiger charge is -2.42. The fraction of sp³-hybridized carbons (Fsp3) is 0.400. The number of hydrogen-bond acceptors (Lipinski definition) is 9. The van der Waals surface area contributed by atoms with Crippen LogP contribution in [0.3, 0.4) is 0 Å². The van der Waals surface area contributed by atoms with Crippen LogP contribution in [0.4, 0.5) is 13.2 Å². The second-order valence-electron chi connectivity index (χ2n) is 9.26. The van der Waals surface area contributed by atoms with E-state index in [1.807, 2.05) is 0 Å². The number of aromatic nitrogens is 3. The minimum Gasteiger partial charge on any atom is -0.497 e. The number of nitrogens with zero attached hydrogens (tertiary/aromatic N) is 4. The molecular weight excluding hydrogens is 545 g/mol.